The van der Waals surface area contributed by atoms with Gasteiger partial charge in [0.1, 0.15) is 11.9 Å². The Morgan fingerprint density at radius 1 is 1.14 bits per heavy atom. The number of amides is 1. The van der Waals surface area contributed by atoms with Crippen molar-refractivity contribution in [2.75, 3.05) is 7.05 Å². The molecular weight excluding hydrogens is 386 g/mol. The first-order chi connectivity index (χ1) is 13.6. The van der Waals surface area contributed by atoms with Gasteiger partial charge in [0.15, 0.2) is 0 Å². The van der Waals surface area contributed by atoms with Crippen LogP contribution in [0.15, 0.2) is 52.4 Å². The molecule has 1 N–H and O–H groups in total. The zero-order valence-corrected chi connectivity index (χ0v) is 18.2. The van der Waals surface area contributed by atoms with Gasteiger partial charge in [-0.15, -0.1) is 0 Å². The van der Waals surface area contributed by atoms with Gasteiger partial charge in [-0.2, -0.15) is 0 Å². The van der Waals surface area contributed by atoms with Crippen LogP contribution < -0.4 is 4.72 Å². The molecule has 0 fully saturated rings. The zero-order valence-electron chi connectivity index (χ0n) is 17.4. The molecule has 0 radical (unpaired) electrons. The maximum Gasteiger partial charge on any atom is 0.263 e. The molecule has 2 aromatic carbocycles. The number of sulfonamides is 1. The second kappa shape index (κ2) is 7.99. The summed E-state index contributed by atoms with van der Waals surface area (Å²) in [5.41, 5.74) is 3.89. The van der Waals surface area contributed by atoms with Crippen LogP contribution in [-0.4, -0.2) is 38.2 Å². The number of hydrogen-bond acceptors (Lipinski definition) is 4. The maximum atomic E-state index is 13.2. The minimum atomic E-state index is -3.64. The van der Waals surface area contributed by atoms with Gasteiger partial charge >= 0.3 is 0 Å². The number of fused-ring (bicyclic) bond motifs is 1. The highest BCUT2D eigenvalue weighted by Gasteiger charge is 2.33. The van der Waals surface area contributed by atoms with Crippen LogP contribution in [0.25, 0.3) is 0 Å². The van der Waals surface area contributed by atoms with E-state index in [1.54, 1.807) is 36.2 Å². The minimum Gasteiger partial charge on any atom is -0.340 e. The van der Waals surface area contributed by atoms with Crippen LogP contribution in [-0.2, 0) is 21.4 Å². The van der Waals surface area contributed by atoms with Gasteiger partial charge in [-0.1, -0.05) is 49.7 Å². The Morgan fingerprint density at radius 2 is 1.83 bits per heavy atom. The number of carbonyl (C=O) groups is 1. The third kappa shape index (κ3) is 4.34. The third-order valence-electron chi connectivity index (χ3n) is 5.10. The van der Waals surface area contributed by atoms with E-state index in [2.05, 4.69) is 15.8 Å². The van der Waals surface area contributed by atoms with Gasteiger partial charge in [0.25, 0.3) is 10.0 Å². The lowest BCUT2D eigenvalue weighted by Gasteiger charge is -2.25. The van der Waals surface area contributed by atoms with Crippen molar-refractivity contribution in [3.63, 3.8) is 0 Å². The van der Waals surface area contributed by atoms with E-state index in [4.69, 9.17) is 0 Å². The number of amidine groups is 1. The molecule has 1 aliphatic rings. The first kappa shape index (κ1) is 21.0. The summed E-state index contributed by atoms with van der Waals surface area (Å²) < 4.78 is 27.2. The van der Waals surface area contributed by atoms with Crippen molar-refractivity contribution >= 4 is 21.8 Å². The number of aryl methyl sites for hydroxylation is 2. The fraction of sp³-hybridized carbons (Fsp3) is 0.364. The normalized spacial score (nSPS) is 17.1. The van der Waals surface area contributed by atoms with Crippen LogP contribution in [0.5, 0.6) is 0 Å². The lowest BCUT2D eigenvalue weighted by atomic mass is 10.0. The lowest BCUT2D eigenvalue weighted by molar-refractivity contribution is -0.132. The molecular formula is C22H27N3O3S. The van der Waals surface area contributed by atoms with E-state index in [0.717, 1.165) is 11.1 Å². The van der Waals surface area contributed by atoms with Gasteiger partial charge in [0, 0.05) is 19.2 Å². The van der Waals surface area contributed by atoms with Crippen molar-refractivity contribution in [3.05, 3.63) is 64.7 Å². The molecule has 0 aromatic heterocycles. The molecule has 6 nitrogen and oxygen atoms in total. The molecule has 7 heteroatoms. The van der Waals surface area contributed by atoms with E-state index < -0.39 is 16.1 Å². The zero-order chi connectivity index (χ0) is 21.3. The predicted molar refractivity (Wildman–Crippen MR) is 114 cm³/mol. The minimum absolute atomic E-state index is 0.0890. The van der Waals surface area contributed by atoms with Crippen molar-refractivity contribution in [3.8, 4) is 0 Å². The maximum absolute atomic E-state index is 13.2. The predicted octanol–water partition coefficient (Wildman–Crippen LogP) is 3.03. The first-order valence-electron chi connectivity index (χ1n) is 9.61. The fourth-order valence-corrected chi connectivity index (χ4v) is 4.68. The molecule has 0 bridgehead atoms. The topological polar surface area (TPSA) is 78.8 Å². The van der Waals surface area contributed by atoms with Crippen molar-refractivity contribution in [1.82, 2.24) is 9.62 Å². The summed E-state index contributed by atoms with van der Waals surface area (Å²) in [5, 5.41) is 0. The number of hydrogen-bond donors (Lipinski definition) is 1. The van der Waals surface area contributed by atoms with E-state index >= 15 is 0 Å². The molecule has 154 valence electrons. The molecule has 1 aliphatic heterocycles. The van der Waals surface area contributed by atoms with Crippen molar-refractivity contribution in [2.45, 2.75) is 45.2 Å². The quantitative estimate of drug-likeness (QED) is 0.818. The van der Waals surface area contributed by atoms with E-state index in [1.807, 2.05) is 39.8 Å². The summed E-state index contributed by atoms with van der Waals surface area (Å²) in [6.45, 7) is 8.36. The van der Waals surface area contributed by atoms with E-state index in [1.165, 1.54) is 5.56 Å². The second-order valence-electron chi connectivity index (χ2n) is 7.89. The van der Waals surface area contributed by atoms with Gasteiger partial charge in [0.05, 0.1) is 4.90 Å². The number of carbonyl (C=O) groups excluding carboxylic acids is 1. The van der Waals surface area contributed by atoms with E-state index in [9.17, 15) is 13.2 Å². The van der Waals surface area contributed by atoms with Crippen molar-refractivity contribution in [2.24, 2.45) is 10.9 Å². The molecule has 0 saturated carbocycles. The monoisotopic (exact) mass is 413 g/mol. The van der Waals surface area contributed by atoms with E-state index in [0.29, 0.717) is 12.1 Å². The molecule has 3 rings (SSSR count). The molecule has 1 heterocycles. The Balaban J connectivity index is 1.88. The standard InChI is InChI=1S/C22H27N3O3S/c1-14(2)20(22(26)25(5)13-17-11-10-15(3)12-16(17)4)23-21-18-8-6-7-9-19(18)29(27,28)24-21/h6-12,14,20H,13H2,1-5H3,(H,23,24)/t20-/m0/s1. The Labute approximate surface area is 172 Å². The van der Waals surface area contributed by atoms with Gasteiger partial charge in [-0.3, -0.25) is 14.5 Å². The first-order valence-corrected chi connectivity index (χ1v) is 11.1. The van der Waals surface area contributed by atoms with Crippen LogP contribution in [0.1, 0.15) is 36.1 Å². The van der Waals surface area contributed by atoms with Crippen LogP contribution in [0.4, 0.5) is 0 Å². The molecule has 0 spiro atoms. The molecule has 0 saturated heterocycles. The molecule has 1 amide bonds. The van der Waals surface area contributed by atoms with Crippen molar-refractivity contribution < 1.29 is 13.2 Å². The lowest BCUT2D eigenvalue weighted by Crippen LogP contribution is -2.39. The Hall–Kier alpha value is -2.67. The Morgan fingerprint density at radius 3 is 2.48 bits per heavy atom. The largest absolute Gasteiger partial charge is 0.340 e. The Bertz CT molecular complexity index is 1070. The van der Waals surface area contributed by atoms with Crippen LogP contribution in [0, 0.1) is 19.8 Å². The number of aliphatic imine (C=N–C) groups is 1. The molecule has 0 aliphatic carbocycles. The summed E-state index contributed by atoms with van der Waals surface area (Å²) in [6, 6.07) is 12.1. The van der Waals surface area contributed by atoms with Crippen molar-refractivity contribution in [1.29, 1.82) is 0 Å². The highest BCUT2D eigenvalue weighted by atomic mass is 32.2. The summed E-state index contributed by atoms with van der Waals surface area (Å²) in [7, 11) is -1.88. The Kier molecular flexibility index (Phi) is 5.80. The van der Waals surface area contributed by atoms with Crippen LogP contribution in [0.3, 0.4) is 0 Å². The number of nitrogens with zero attached hydrogens (tertiary/aromatic N) is 2. The molecule has 29 heavy (non-hydrogen) atoms. The number of nitrogens with one attached hydrogen (secondary N) is 1. The summed E-state index contributed by atoms with van der Waals surface area (Å²) in [5.74, 6) is -0.00236. The highest BCUT2D eigenvalue weighted by molar-refractivity contribution is 7.90. The van der Waals surface area contributed by atoms with Crippen LogP contribution >= 0.6 is 0 Å². The average Bonchev–Trinajstić information content (AvgIpc) is 2.92. The summed E-state index contributed by atoms with van der Waals surface area (Å²) in [4.78, 5) is 19.6. The molecule has 2 aromatic rings. The summed E-state index contributed by atoms with van der Waals surface area (Å²) >= 11 is 0. The SMILES string of the molecule is Cc1ccc(CN(C)C(=O)[C@@H](N=C2NS(=O)(=O)c3ccccc32)C(C)C)c(C)c1. The highest BCUT2D eigenvalue weighted by Crippen LogP contribution is 2.24. The molecule has 1 atom stereocenters. The molecule has 0 unspecified atom stereocenters. The number of benzene rings is 2. The van der Waals surface area contributed by atoms with Gasteiger partial charge in [-0.05, 0) is 43.0 Å². The second-order valence-corrected chi connectivity index (χ2v) is 9.54. The number of rotatable bonds is 5. The van der Waals surface area contributed by atoms with E-state index in [-0.39, 0.29) is 22.6 Å². The fourth-order valence-electron chi connectivity index (χ4n) is 3.44. The van der Waals surface area contributed by atoms with Gasteiger partial charge in [-0.25, -0.2) is 8.42 Å². The summed E-state index contributed by atoms with van der Waals surface area (Å²) in [6.07, 6.45) is 0. The average molecular weight is 414 g/mol. The third-order valence-corrected chi connectivity index (χ3v) is 6.49. The number of likely N-dealkylation sites (N-methyl/N-ethyl adjacent to an activating group) is 1. The van der Waals surface area contributed by atoms with Gasteiger partial charge < -0.3 is 4.90 Å². The smallest absolute Gasteiger partial charge is 0.263 e. The van der Waals surface area contributed by atoms with Crippen LogP contribution in [0.2, 0.25) is 0 Å². The van der Waals surface area contributed by atoms with Gasteiger partial charge in [0.2, 0.25) is 5.91 Å².